The van der Waals surface area contributed by atoms with E-state index in [9.17, 15) is 9.59 Å². The van der Waals surface area contributed by atoms with Crippen LogP contribution in [0.5, 0.6) is 0 Å². The number of hydrogen-bond acceptors (Lipinski definition) is 5. The van der Waals surface area contributed by atoms with Crippen LogP contribution in [0.3, 0.4) is 0 Å². The summed E-state index contributed by atoms with van der Waals surface area (Å²) in [6.45, 7) is 0.521. The van der Waals surface area contributed by atoms with Gasteiger partial charge in [-0.15, -0.1) is 0 Å². The van der Waals surface area contributed by atoms with Crippen LogP contribution in [0.4, 0.5) is 5.82 Å². The number of nitrogens with two attached hydrogens (primary N) is 1. The molecule has 1 aromatic heterocycles. The molecule has 0 radical (unpaired) electrons. The molecule has 0 aliphatic heterocycles. The van der Waals surface area contributed by atoms with Crippen LogP contribution < -0.4 is 11.1 Å². The molecule has 4 rings (SSSR count). The SMILES string of the molecule is NC(=O)c1cccc2c(NCc3cccc(CC(=O)Cc4ccccc4)c3)ncnc12. The van der Waals surface area contributed by atoms with Crippen molar-refractivity contribution in [2.24, 2.45) is 5.73 Å². The monoisotopic (exact) mass is 410 g/mol. The molecule has 154 valence electrons. The number of rotatable bonds is 8. The average molecular weight is 410 g/mol. The highest BCUT2D eigenvalue weighted by molar-refractivity contribution is 6.06. The van der Waals surface area contributed by atoms with E-state index < -0.39 is 5.91 Å². The molecule has 1 heterocycles. The van der Waals surface area contributed by atoms with Gasteiger partial charge in [0.05, 0.1) is 11.1 Å². The molecular weight excluding hydrogens is 388 g/mol. The Bertz CT molecular complexity index is 1240. The normalized spacial score (nSPS) is 10.7. The van der Waals surface area contributed by atoms with Crippen LogP contribution in [0.15, 0.2) is 79.1 Å². The minimum Gasteiger partial charge on any atom is -0.366 e. The highest BCUT2D eigenvalue weighted by Gasteiger charge is 2.11. The van der Waals surface area contributed by atoms with Crippen LogP contribution >= 0.6 is 0 Å². The number of fused-ring (bicyclic) bond motifs is 1. The molecule has 0 unspecified atom stereocenters. The number of carbonyl (C=O) groups excluding carboxylic acids is 2. The van der Waals surface area contributed by atoms with Gasteiger partial charge in [-0.3, -0.25) is 9.59 Å². The van der Waals surface area contributed by atoms with Gasteiger partial charge in [0.2, 0.25) is 0 Å². The van der Waals surface area contributed by atoms with Gasteiger partial charge in [-0.05, 0) is 28.8 Å². The fourth-order valence-electron chi connectivity index (χ4n) is 3.58. The molecule has 4 aromatic rings. The zero-order valence-electron chi connectivity index (χ0n) is 16.9. The van der Waals surface area contributed by atoms with Crippen molar-refractivity contribution < 1.29 is 9.59 Å². The standard InChI is InChI=1S/C25H22N4O2/c26-24(31)21-10-5-11-22-23(21)28-16-29-25(22)27-15-19-9-4-8-18(12-19)14-20(30)13-17-6-2-1-3-7-17/h1-12,16H,13-15H2,(H2,26,31)(H,27,28,29). The van der Waals surface area contributed by atoms with Crippen LogP contribution in [-0.2, 0) is 24.2 Å². The predicted molar refractivity (Wildman–Crippen MR) is 121 cm³/mol. The number of ketones is 1. The molecule has 31 heavy (non-hydrogen) atoms. The van der Waals surface area contributed by atoms with E-state index in [1.54, 1.807) is 12.1 Å². The minimum atomic E-state index is -0.525. The van der Waals surface area contributed by atoms with Gasteiger partial charge in [0.1, 0.15) is 17.9 Å². The van der Waals surface area contributed by atoms with Crippen molar-refractivity contribution in [3.05, 3.63) is 101 Å². The molecule has 3 aromatic carbocycles. The van der Waals surface area contributed by atoms with Crippen molar-refractivity contribution in [2.75, 3.05) is 5.32 Å². The lowest BCUT2D eigenvalue weighted by atomic mass is 10.0. The van der Waals surface area contributed by atoms with Gasteiger partial charge in [-0.1, -0.05) is 60.7 Å². The molecule has 6 heteroatoms. The van der Waals surface area contributed by atoms with Crippen molar-refractivity contribution in [1.29, 1.82) is 0 Å². The number of nitrogens with zero attached hydrogens (tertiary/aromatic N) is 2. The van der Waals surface area contributed by atoms with Gasteiger partial charge < -0.3 is 11.1 Å². The molecule has 0 saturated carbocycles. The maximum atomic E-state index is 12.4. The largest absolute Gasteiger partial charge is 0.366 e. The quantitative estimate of drug-likeness (QED) is 0.462. The summed E-state index contributed by atoms with van der Waals surface area (Å²) < 4.78 is 0. The predicted octanol–water partition coefficient (Wildman–Crippen LogP) is 3.70. The molecule has 6 nitrogen and oxygen atoms in total. The van der Waals surface area contributed by atoms with Crippen molar-refractivity contribution in [3.8, 4) is 0 Å². The molecule has 3 N–H and O–H groups in total. The second kappa shape index (κ2) is 9.17. The first kappa shape index (κ1) is 20.2. The number of carbonyl (C=O) groups is 2. The van der Waals surface area contributed by atoms with E-state index in [0.29, 0.717) is 36.3 Å². The van der Waals surface area contributed by atoms with Crippen molar-refractivity contribution in [1.82, 2.24) is 9.97 Å². The van der Waals surface area contributed by atoms with E-state index in [4.69, 9.17) is 5.73 Å². The fraction of sp³-hybridized carbons (Fsp3) is 0.120. The second-order valence-electron chi connectivity index (χ2n) is 7.34. The zero-order chi connectivity index (χ0) is 21.6. The van der Waals surface area contributed by atoms with Crippen LogP contribution in [0, 0.1) is 0 Å². The Morgan fingerprint density at radius 3 is 2.32 bits per heavy atom. The number of Topliss-reactive ketones (excluding diaryl/α,β-unsaturated/α-hetero) is 1. The van der Waals surface area contributed by atoms with Crippen molar-refractivity contribution >= 4 is 28.4 Å². The molecule has 0 aliphatic carbocycles. The minimum absolute atomic E-state index is 0.178. The number of benzene rings is 3. The van der Waals surface area contributed by atoms with Crippen LogP contribution in [-0.4, -0.2) is 21.7 Å². The van der Waals surface area contributed by atoms with Crippen molar-refractivity contribution in [3.63, 3.8) is 0 Å². The van der Waals surface area contributed by atoms with Gasteiger partial charge in [-0.25, -0.2) is 9.97 Å². The van der Waals surface area contributed by atoms with E-state index >= 15 is 0 Å². The zero-order valence-corrected chi connectivity index (χ0v) is 16.9. The number of aromatic nitrogens is 2. The highest BCUT2D eigenvalue weighted by atomic mass is 16.1. The molecule has 0 fully saturated rings. The molecule has 0 atom stereocenters. The topological polar surface area (TPSA) is 98.0 Å². The Labute approximate surface area is 180 Å². The van der Waals surface area contributed by atoms with E-state index in [0.717, 1.165) is 22.1 Å². The summed E-state index contributed by atoms with van der Waals surface area (Å²) in [5.74, 6) is 0.277. The van der Waals surface area contributed by atoms with E-state index in [-0.39, 0.29) is 5.78 Å². The molecular formula is C25H22N4O2. The lowest BCUT2D eigenvalue weighted by Crippen LogP contribution is -2.12. The average Bonchev–Trinajstić information content (AvgIpc) is 2.78. The van der Waals surface area contributed by atoms with Gasteiger partial charge in [0.25, 0.3) is 5.91 Å². The highest BCUT2D eigenvalue weighted by Crippen LogP contribution is 2.22. The van der Waals surface area contributed by atoms with Gasteiger partial charge in [-0.2, -0.15) is 0 Å². The van der Waals surface area contributed by atoms with Crippen LogP contribution in [0.25, 0.3) is 10.9 Å². The van der Waals surface area contributed by atoms with Gasteiger partial charge in [0, 0.05) is 24.8 Å². The van der Waals surface area contributed by atoms with Crippen LogP contribution in [0.1, 0.15) is 27.0 Å². The molecule has 0 aliphatic rings. The Kier molecular flexibility index (Phi) is 5.98. The maximum Gasteiger partial charge on any atom is 0.250 e. The fourth-order valence-corrected chi connectivity index (χ4v) is 3.58. The first-order chi connectivity index (χ1) is 15.1. The third-order valence-electron chi connectivity index (χ3n) is 5.03. The third kappa shape index (κ3) is 4.93. The number of para-hydroxylation sites is 1. The number of nitrogens with one attached hydrogen (secondary N) is 1. The van der Waals surface area contributed by atoms with Gasteiger partial charge in [0.15, 0.2) is 0 Å². The number of primary amides is 1. The van der Waals surface area contributed by atoms with Crippen LogP contribution in [0.2, 0.25) is 0 Å². The smallest absolute Gasteiger partial charge is 0.250 e. The Morgan fingerprint density at radius 1 is 0.806 bits per heavy atom. The summed E-state index contributed by atoms with van der Waals surface area (Å²) in [5.41, 5.74) is 9.37. The molecule has 1 amide bonds. The molecule has 0 spiro atoms. The number of amides is 1. The first-order valence-electron chi connectivity index (χ1n) is 10.0. The maximum absolute atomic E-state index is 12.4. The second-order valence-corrected chi connectivity index (χ2v) is 7.34. The number of anilines is 1. The Hall–Kier alpha value is -4.06. The summed E-state index contributed by atoms with van der Waals surface area (Å²) >= 11 is 0. The molecule has 0 saturated heterocycles. The summed E-state index contributed by atoms with van der Waals surface area (Å²) in [5, 5.41) is 4.03. The Morgan fingerprint density at radius 2 is 1.52 bits per heavy atom. The van der Waals surface area contributed by atoms with E-state index in [2.05, 4.69) is 15.3 Å². The van der Waals surface area contributed by atoms with E-state index in [1.807, 2.05) is 60.7 Å². The lowest BCUT2D eigenvalue weighted by Gasteiger charge is -2.10. The number of hydrogen-bond donors (Lipinski definition) is 2. The summed E-state index contributed by atoms with van der Waals surface area (Å²) in [6, 6.07) is 23.0. The van der Waals surface area contributed by atoms with Crippen molar-refractivity contribution in [2.45, 2.75) is 19.4 Å². The Balaban J connectivity index is 1.46. The molecule has 0 bridgehead atoms. The summed E-state index contributed by atoms with van der Waals surface area (Å²) in [6.07, 6.45) is 2.23. The summed E-state index contributed by atoms with van der Waals surface area (Å²) in [4.78, 5) is 32.6. The first-order valence-corrected chi connectivity index (χ1v) is 10.0. The third-order valence-corrected chi connectivity index (χ3v) is 5.03. The van der Waals surface area contributed by atoms with E-state index in [1.165, 1.54) is 6.33 Å². The lowest BCUT2D eigenvalue weighted by molar-refractivity contribution is -0.117. The van der Waals surface area contributed by atoms with Gasteiger partial charge >= 0.3 is 0 Å². The summed E-state index contributed by atoms with van der Waals surface area (Å²) in [7, 11) is 0.